The van der Waals surface area contributed by atoms with E-state index >= 15 is 0 Å². The van der Waals surface area contributed by atoms with Crippen LogP contribution in [0.4, 0.5) is 5.82 Å². The highest BCUT2D eigenvalue weighted by molar-refractivity contribution is 5.94. The molecule has 3 rings (SSSR count). The molecule has 9 nitrogen and oxygen atoms in total. The predicted octanol–water partition coefficient (Wildman–Crippen LogP) is 1.45. The van der Waals surface area contributed by atoms with Gasteiger partial charge in [0.2, 0.25) is 5.88 Å². The summed E-state index contributed by atoms with van der Waals surface area (Å²) in [6.45, 7) is 5.40. The highest BCUT2D eigenvalue weighted by Crippen LogP contribution is 2.27. The van der Waals surface area contributed by atoms with Crippen molar-refractivity contribution < 1.29 is 23.7 Å². The second kappa shape index (κ2) is 9.92. The Hall–Kier alpha value is -3.07. The summed E-state index contributed by atoms with van der Waals surface area (Å²) in [5.41, 5.74) is 0.482. The molecule has 2 heterocycles. The van der Waals surface area contributed by atoms with Crippen molar-refractivity contribution in [3.8, 4) is 17.4 Å². The van der Waals surface area contributed by atoms with Crippen LogP contribution in [0.2, 0.25) is 0 Å². The lowest BCUT2D eigenvalue weighted by Gasteiger charge is -2.28. The number of hydrogen-bond acceptors (Lipinski definition) is 8. The molecule has 0 spiro atoms. The molecule has 0 aliphatic carbocycles. The van der Waals surface area contributed by atoms with Crippen molar-refractivity contribution in [1.29, 1.82) is 0 Å². The van der Waals surface area contributed by atoms with Crippen LogP contribution < -0.4 is 24.4 Å². The first-order valence-electron chi connectivity index (χ1n) is 9.42. The topological polar surface area (TPSA) is 95.0 Å². The van der Waals surface area contributed by atoms with Gasteiger partial charge in [0.05, 0.1) is 34.0 Å². The molecule has 1 saturated heterocycles. The number of ether oxygens (including phenoxy) is 4. The largest absolute Gasteiger partial charge is 0.493 e. The minimum absolute atomic E-state index is 0.220. The zero-order valence-corrected chi connectivity index (χ0v) is 16.9. The molecule has 0 bridgehead atoms. The van der Waals surface area contributed by atoms with Crippen molar-refractivity contribution in [1.82, 2.24) is 15.3 Å². The van der Waals surface area contributed by atoms with Gasteiger partial charge in [-0.2, -0.15) is 4.98 Å². The third-order valence-electron chi connectivity index (χ3n) is 4.42. The van der Waals surface area contributed by atoms with Gasteiger partial charge >= 0.3 is 0 Å². The quantitative estimate of drug-likeness (QED) is 0.663. The summed E-state index contributed by atoms with van der Waals surface area (Å²) >= 11 is 0. The molecule has 0 radical (unpaired) electrons. The molecule has 9 heteroatoms. The van der Waals surface area contributed by atoms with E-state index < -0.39 is 0 Å². The van der Waals surface area contributed by atoms with Gasteiger partial charge in [-0.15, -0.1) is 0 Å². The van der Waals surface area contributed by atoms with Gasteiger partial charge in [0.15, 0.2) is 11.5 Å². The number of carbonyl (C=O) groups is 1. The number of hydrogen-bond donors (Lipinski definition) is 1. The van der Waals surface area contributed by atoms with E-state index in [4.69, 9.17) is 18.9 Å². The lowest BCUT2D eigenvalue weighted by atomic mass is 10.2. The number of carbonyl (C=O) groups excluding carboxylic acids is 1. The summed E-state index contributed by atoms with van der Waals surface area (Å²) in [5.74, 6) is 2.80. The molecular formula is C20H26N4O5. The third kappa shape index (κ3) is 5.47. The van der Waals surface area contributed by atoms with E-state index in [1.165, 1.54) is 7.11 Å². The normalized spacial score (nSPS) is 13.7. The highest BCUT2D eigenvalue weighted by atomic mass is 16.5. The van der Waals surface area contributed by atoms with Gasteiger partial charge < -0.3 is 29.2 Å². The smallest absolute Gasteiger partial charge is 0.251 e. The first-order valence-corrected chi connectivity index (χ1v) is 9.42. The number of anilines is 1. The lowest BCUT2D eigenvalue weighted by Crippen LogP contribution is -2.37. The molecule has 1 aromatic carbocycles. The highest BCUT2D eigenvalue weighted by Gasteiger charge is 2.15. The summed E-state index contributed by atoms with van der Waals surface area (Å²) < 4.78 is 21.5. The zero-order chi connectivity index (χ0) is 20.6. The number of nitrogens with one attached hydrogen (secondary N) is 1. The monoisotopic (exact) mass is 402 g/mol. The molecule has 0 atom stereocenters. The van der Waals surface area contributed by atoms with E-state index in [9.17, 15) is 4.79 Å². The van der Waals surface area contributed by atoms with Crippen LogP contribution in [0.1, 0.15) is 16.2 Å². The number of aryl methyl sites for hydroxylation is 1. The van der Waals surface area contributed by atoms with Crippen molar-refractivity contribution in [2.24, 2.45) is 0 Å². The maximum absolute atomic E-state index is 12.3. The van der Waals surface area contributed by atoms with Crippen LogP contribution in [-0.4, -0.2) is 69.5 Å². The van der Waals surface area contributed by atoms with Crippen LogP contribution in [0.25, 0.3) is 0 Å². The summed E-state index contributed by atoms with van der Waals surface area (Å²) in [6.07, 6.45) is 0. The van der Waals surface area contributed by atoms with E-state index in [2.05, 4.69) is 20.2 Å². The summed E-state index contributed by atoms with van der Waals surface area (Å²) in [7, 11) is 3.08. The van der Waals surface area contributed by atoms with Gasteiger partial charge in [0.1, 0.15) is 18.2 Å². The van der Waals surface area contributed by atoms with E-state index in [-0.39, 0.29) is 12.5 Å². The van der Waals surface area contributed by atoms with Crippen LogP contribution in [0.3, 0.4) is 0 Å². The molecule has 2 aromatic rings. The molecule has 0 saturated carbocycles. The van der Waals surface area contributed by atoms with E-state index in [0.717, 1.165) is 18.9 Å². The van der Waals surface area contributed by atoms with Crippen molar-refractivity contribution in [2.75, 3.05) is 58.6 Å². The molecule has 1 amide bonds. The fourth-order valence-corrected chi connectivity index (χ4v) is 2.95. The second-order valence-corrected chi connectivity index (χ2v) is 6.39. The first kappa shape index (κ1) is 20.7. The Morgan fingerprint density at radius 2 is 1.90 bits per heavy atom. The average Bonchev–Trinajstić information content (AvgIpc) is 2.76. The van der Waals surface area contributed by atoms with Crippen LogP contribution >= 0.6 is 0 Å². The first-order chi connectivity index (χ1) is 14.1. The minimum Gasteiger partial charge on any atom is -0.493 e. The Balaban J connectivity index is 1.52. The number of aromatic nitrogens is 2. The zero-order valence-electron chi connectivity index (χ0n) is 16.9. The Kier molecular flexibility index (Phi) is 7.07. The van der Waals surface area contributed by atoms with Crippen LogP contribution in [-0.2, 0) is 4.74 Å². The Bertz CT molecular complexity index is 840. The Morgan fingerprint density at radius 1 is 1.14 bits per heavy atom. The van der Waals surface area contributed by atoms with Gasteiger partial charge in [-0.3, -0.25) is 4.79 Å². The van der Waals surface area contributed by atoms with Gasteiger partial charge in [-0.25, -0.2) is 4.98 Å². The molecule has 1 fully saturated rings. The Morgan fingerprint density at radius 3 is 2.62 bits per heavy atom. The SMILES string of the molecule is COc1ccc(C(=O)NCCOc2cc(N3CCOCC3)nc(C)n2)cc1OC. The van der Waals surface area contributed by atoms with Crippen molar-refractivity contribution in [3.63, 3.8) is 0 Å². The number of methoxy groups -OCH3 is 2. The molecule has 1 aromatic heterocycles. The number of nitrogens with zero attached hydrogens (tertiary/aromatic N) is 3. The summed E-state index contributed by atoms with van der Waals surface area (Å²) in [4.78, 5) is 23.3. The van der Waals surface area contributed by atoms with Gasteiger partial charge in [0.25, 0.3) is 5.91 Å². The summed E-state index contributed by atoms with van der Waals surface area (Å²) in [6, 6.07) is 6.83. The van der Waals surface area contributed by atoms with Crippen LogP contribution in [0.5, 0.6) is 17.4 Å². The third-order valence-corrected chi connectivity index (χ3v) is 4.42. The molecule has 156 valence electrons. The molecule has 1 aliphatic heterocycles. The fraction of sp³-hybridized carbons (Fsp3) is 0.450. The Labute approximate surface area is 169 Å². The minimum atomic E-state index is -0.220. The lowest BCUT2D eigenvalue weighted by molar-refractivity contribution is 0.0946. The maximum Gasteiger partial charge on any atom is 0.251 e. The van der Waals surface area contributed by atoms with E-state index in [0.29, 0.717) is 48.5 Å². The number of benzene rings is 1. The molecule has 0 unspecified atom stereocenters. The van der Waals surface area contributed by atoms with Crippen LogP contribution in [0, 0.1) is 6.92 Å². The van der Waals surface area contributed by atoms with Crippen molar-refractivity contribution in [3.05, 3.63) is 35.7 Å². The van der Waals surface area contributed by atoms with Crippen molar-refractivity contribution >= 4 is 11.7 Å². The summed E-state index contributed by atoms with van der Waals surface area (Å²) in [5, 5.41) is 2.82. The second-order valence-electron chi connectivity index (χ2n) is 6.39. The number of amides is 1. The molecular weight excluding hydrogens is 376 g/mol. The van der Waals surface area contributed by atoms with E-state index in [1.54, 1.807) is 25.3 Å². The van der Waals surface area contributed by atoms with Crippen LogP contribution in [0.15, 0.2) is 24.3 Å². The molecule has 1 aliphatic rings. The van der Waals surface area contributed by atoms with Gasteiger partial charge in [0, 0.05) is 24.7 Å². The van der Waals surface area contributed by atoms with Gasteiger partial charge in [-0.05, 0) is 25.1 Å². The van der Waals surface area contributed by atoms with E-state index in [1.807, 2.05) is 13.0 Å². The molecule has 1 N–H and O–H groups in total. The maximum atomic E-state index is 12.3. The number of rotatable bonds is 8. The standard InChI is InChI=1S/C20H26N4O5/c1-14-22-18(24-7-10-28-11-8-24)13-19(23-14)29-9-6-21-20(25)15-4-5-16(26-2)17(12-15)27-3/h4-5,12-13H,6-11H2,1-3H3,(H,21,25). The number of morpholine rings is 1. The van der Waals surface area contributed by atoms with Gasteiger partial charge in [-0.1, -0.05) is 0 Å². The molecule has 29 heavy (non-hydrogen) atoms. The van der Waals surface area contributed by atoms with Crippen molar-refractivity contribution in [2.45, 2.75) is 6.92 Å². The average molecular weight is 402 g/mol. The fourth-order valence-electron chi connectivity index (χ4n) is 2.95. The predicted molar refractivity (Wildman–Crippen MR) is 107 cm³/mol.